The van der Waals surface area contributed by atoms with Crippen molar-refractivity contribution in [1.82, 2.24) is 14.9 Å². The fourth-order valence-electron chi connectivity index (χ4n) is 2.70. The summed E-state index contributed by atoms with van der Waals surface area (Å²) in [5.74, 6) is 0. The summed E-state index contributed by atoms with van der Waals surface area (Å²) >= 11 is 5.95. The van der Waals surface area contributed by atoms with Gasteiger partial charge < -0.3 is 15.2 Å². The zero-order chi connectivity index (χ0) is 16.4. The summed E-state index contributed by atoms with van der Waals surface area (Å²) in [7, 11) is 0. The van der Waals surface area contributed by atoms with Crippen molar-refractivity contribution in [3.05, 3.63) is 30.6 Å². The molecule has 1 saturated carbocycles. The molecule has 3 rings (SSSR count). The third-order valence-electron chi connectivity index (χ3n) is 3.89. The van der Waals surface area contributed by atoms with Crippen LogP contribution in [0.25, 0.3) is 11.0 Å². The first kappa shape index (κ1) is 15.8. The van der Waals surface area contributed by atoms with Crippen LogP contribution in [0.2, 0.25) is 0 Å². The van der Waals surface area contributed by atoms with Gasteiger partial charge in [0.05, 0.1) is 23.2 Å². The number of nitrogens with zero attached hydrogens (tertiary/aromatic N) is 2. The van der Waals surface area contributed by atoms with Gasteiger partial charge >= 0.3 is 12.2 Å². The number of carbonyl (C=O) groups is 2. The van der Waals surface area contributed by atoms with Gasteiger partial charge in [-0.1, -0.05) is 0 Å². The smallest absolute Gasteiger partial charge is 0.391 e. The Morgan fingerprint density at radius 1 is 1.39 bits per heavy atom. The summed E-state index contributed by atoms with van der Waals surface area (Å²) in [5, 5.41) is 12.3. The van der Waals surface area contributed by atoms with Crippen LogP contribution in [0.15, 0.2) is 30.6 Å². The fourth-order valence-corrected chi connectivity index (χ4v) is 3.01. The molecule has 1 unspecified atom stereocenters. The number of alkyl halides is 1. The summed E-state index contributed by atoms with van der Waals surface area (Å²) in [6.45, 7) is 0. The molecule has 1 aliphatic carbocycles. The Kier molecular flexibility index (Phi) is 4.49. The average molecular weight is 338 g/mol. The number of ether oxygens (including phenoxy) is 1. The van der Waals surface area contributed by atoms with Crippen LogP contribution in [0, 0.1) is 0 Å². The number of rotatable bonds is 1. The largest absolute Gasteiger partial charge is 0.427 e. The van der Waals surface area contributed by atoms with Crippen LogP contribution in [0.4, 0.5) is 9.59 Å². The summed E-state index contributed by atoms with van der Waals surface area (Å²) in [4.78, 5) is 28.0. The molecule has 3 atom stereocenters. The summed E-state index contributed by atoms with van der Waals surface area (Å²) in [5.41, 5.74) is 1.17. The summed E-state index contributed by atoms with van der Waals surface area (Å²) in [6.07, 6.45) is 2.25. The molecule has 0 aromatic carbocycles. The first-order valence-corrected chi connectivity index (χ1v) is 7.75. The van der Waals surface area contributed by atoms with Crippen molar-refractivity contribution in [2.75, 3.05) is 0 Å². The molecule has 2 aromatic rings. The summed E-state index contributed by atoms with van der Waals surface area (Å²) in [6, 6.07) is 4.58. The van der Waals surface area contributed by atoms with Crippen molar-refractivity contribution in [1.29, 1.82) is 0 Å². The van der Waals surface area contributed by atoms with Crippen LogP contribution < -0.4 is 5.32 Å². The normalized spacial score (nSPS) is 24.3. The van der Waals surface area contributed by atoms with Crippen LogP contribution in [-0.2, 0) is 4.74 Å². The number of carbonyl (C=O) groups excluding carboxylic acids is 2. The quantitative estimate of drug-likeness (QED) is 0.615. The van der Waals surface area contributed by atoms with E-state index in [0.29, 0.717) is 30.3 Å². The van der Waals surface area contributed by atoms with Crippen molar-refractivity contribution >= 4 is 34.8 Å². The van der Waals surface area contributed by atoms with E-state index in [9.17, 15) is 14.7 Å². The highest BCUT2D eigenvalue weighted by Gasteiger charge is 2.30. The molecule has 8 heteroatoms. The number of aromatic nitrogens is 2. The lowest BCUT2D eigenvalue weighted by molar-refractivity contribution is 0.0862. The Hall–Kier alpha value is -2.12. The summed E-state index contributed by atoms with van der Waals surface area (Å²) < 4.78 is 5.99. The Labute approximate surface area is 137 Å². The van der Waals surface area contributed by atoms with E-state index >= 15 is 0 Å². The zero-order valence-electron chi connectivity index (χ0n) is 12.2. The third-order valence-corrected chi connectivity index (χ3v) is 4.29. The number of aliphatic hydroxyl groups is 1. The lowest BCUT2D eigenvalue weighted by Crippen LogP contribution is -2.47. The highest BCUT2D eigenvalue weighted by Crippen LogP contribution is 2.23. The minimum absolute atomic E-state index is 0.0977. The van der Waals surface area contributed by atoms with Gasteiger partial charge in [-0.3, -0.25) is 9.55 Å². The van der Waals surface area contributed by atoms with E-state index in [-0.39, 0.29) is 5.38 Å². The molecule has 122 valence electrons. The first-order chi connectivity index (χ1) is 11.0. The SMILES string of the molecule is O=C(N[C@H]1CCC(Cl)C[C@@H]1O)OC(=O)n1ccc2ncccc21. The Morgan fingerprint density at radius 2 is 2.22 bits per heavy atom. The van der Waals surface area contributed by atoms with Gasteiger partial charge in [0.2, 0.25) is 0 Å². The Morgan fingerprint density at radius 3 is 3.00 bits per heavy atom. The molecule has 0 bridgehead atoms. The molecule has 2 heterocycles. The van der Waals surface area contributed by atoms with Gasteiger partial charge in [0, 0.05) is 17.8 Å². The number of alkyl carbamates (subject to hydrolysis) is 1. The van der Waals surface area contributed by atoms with Gasteiger partial charge in [-0.2, -0.15) is 0 Å². The van der Waals surface area contributed by atoms with Crippen LogP contribution in [0.5, 0.6) is 0 Å². The number of hydrogen-bond acceptors (Lipinski definition) is 5. The maximum atomic E-state index is 12.1. The van der Waals surface area contributed by atoms with E-state index in [1.165, 1.54) is 10.8 Å². The number of aliphatic hydroxyl groups excluding tert-OH is 1. The van der Waals surface area contributed by atoms with E-state index < -0.39 is 24.3 Å². The Balaban J connectivity index is 1.62. The van der Waals surface area contributed by atoms with Crippen LogP contribution in [-0.4, -0.2) is 44.4 Å². The monoisotopic (exact) mass is 337 g/mol. The average Bonchev–Trinajstić information content (AvgIpc) is 2.94. The van der Waals surface area contributed by atoms with Crippen LogP contribution in [0.1, 0.15) is 19.3 Å². The van der Waals surface area contributed by atoms with Crippen molar-refractivity contribution in [3.63, 3.8) is 0 Å². The van der Waals surface area contributed by atoms with Gasteiger partial charge in [-0.15, -0.1) is 11.6 Å². The standard InChI is InChI=1S/C15H16ClN3O4/c16-9-3-4-11(13(20)8-9)18-14(21)23-15(22)19-7-5-10-12(19)2-1-6-17-10/h1-2,5-7,9,11,13,20H,3-4,8H2,(H,18,21)/t9?,11-,13-/m0/s1. The lowest BCUT2D eigenvalue weighted by atomic mass is 9.92. The third kappa shape index (κ3) is 3.46. The molecule has 0 spiro atoms. The first-order valence-electron chi connectivity index (χ1n) is 7.31. The fraction of sp³-hybridized carbons (Fsp3) is 0.400. The number of fused-ring (bicyclic) bond motifs is 1. The minimum Gasteiger partial charge on any atom is -0.391 e. The molecule has 1 amide bonds. The molecular weight excluding hydrogens is 322 g/mol. The highest BCUT2D eigenvalue weighted by molar-refractivity contribution is 6.20. The van der Waals surface area contributed by atoms with Crippen LogP contribution in [0.3, 0.4) is 0 Å². The van der Waals surface area contributed by atoms with Crippen molar-refractivity contribution in [3.8, 4) is 0 Å². The predicted molar refractivity (Wildman–Crippen MR) is 83.4 cm³/mol. The van der Waals surface area contributed by atoms with E-state index in [1.54, 1.807) is 24.4 Å². The second-order valence-corrected chi connectivity index (χ2v) is 6.09. The van der Waals surface area contributed by atoms with Gasteiger partial charge in [0.25, 0.3) is 0 Å². The maximum absolute atomic E-state index is 12.1. The molecule has 0 saturated heterocycles. The number of nitrogens with one attached hydrogen (secondary N) is 1. The molecule has 23 heavy (non-hydrogen) atoms. The van der Waals surface area contributed by atoms with E-state index in [1.807, 2.05) is 0 Å². The molecule has 2 N–H and O–H groups in total. The minimum atomic E-state index is -0.891. The molecular formula is C15H16ClN3O4. The Bertz CT molecular complexity index is 732. The number of hydrogen-bond donors (Lipinski definition) is 2. The second-order valence-electron chi connectivity index (χ2n) is 5.48. The number of halogens is 1. The maximum Gasteiger partial charge on any atom is 0.427 e. The van der Waals surface area contributed by atoms with Crippen molar-refractivity contribution < 1.29 is 19.4 Å². The molecule has 0 aliphatic heterocycles. The van der Waals surface area contributed by atoms with Crippen LogP contribution >= 0.6 is 11.6 Å². The van der Waals surface area contributed by atoms with Crippen molar-refractivity contribution in [2.45, 2.75) is 36.8 Å². The van der Waals surface area contributed by atoms with Gasteiger partial charge in [-0.25, -0.2) is 9.59 Å². The number of pyridine rings is 1. The van der Waals surface area contributed by atoms with Gasteiger partial charge in [-0.05, 0) is 37.5 Å². The van der Waals surface area contributed by atoms with Gasteiger partial charge in [0.1, 0.15) is 0 Å². The second kappa shape index (κ2) is 6.55. The van der Waals surface area contributed by atoms with E-state index in [0.717, 1.165) is 0 Å². The molecule has 0 radical (unpaired) electrons. The topological polar surface area (TPSA) is 93.5 Å². The molecule has 7 nitrogen and oxygen atoms in total. The number of amides is 1. The molecule has 1 aliphatic rings. The van der Waals surface area contributed by atoms with Gasteiger partial charge in [0.15, 0.2) is 0 Å². The molecule has 1 fully saturated rings. The van der Waals surface area contributed by atoms with Crippen molar-refractivity contribution in [2.24, 2.45) is 0 Å². The molecule has 2 aromatic heterocycles. The van der Waals surface area contributed by atoms with E-state index in [4.69, 9.17) is 16.3 Å². The predicted octanol–water partition coefficient (Wildman–Crippen LogP) is 2.25. The zero-order valence-corrected chi connectivity index (χ0v) is 12.9. The highest BCUT2D eigenvalue weighted by atomic mass is 35.5. The lowest BCUT2D eigenvalue weighted by Gasteiger charge is -2.30. The van der Waals surface area contributed by atoms with E-state index in [2.05, 4.69) is 10.3 Å².